The molecule has 20 N–H and O–H groups in total. The maximum atomic E-state index is 14.5. The molecule has 0 unspecified atom stereocenters. The molecule has 79 heavy (non-hydrogen) atoms. The van der Waals surface area contributed by atoms with Crippen LogP contribution in [0, 0.1) is 11.8 Å². The van der Waals surface area contributed by atoms with Crippen molar-refractivity contribution in [3.63, 3.8) is 0 Å². The van der Waals surface area contributed by atoms with Crippen LogP contribution in [-0.2, 0) is 68.7 Å². The molecule has 440 valence electrons. The number of nitrogens with zero attached hydrogens (tertiary/aromatic N) is 2. The summed E-state index contributed by atoms with van der Waals surface area (Å²) in [5.74, 6) is -14.3. The number of nitrogens with two attached hydrogens (primary N) is 5. The number of primary amides is 3. The summed E-state index contributed by atoms with van der Waals surface area (Å²) in [7, 11) is 1.80. The van der Waals surface area contributed by atoms with E-state index >= 15 is 0 Å². The molecule has 32 heteroatoms. The fourth-order valence-electron chi connectivity index (χ4n) is 8.31. The van der Waals surface area contributed by atoms with Crippen molar-refractivity contribution in [3.05, 3.63) is 18.2 Å². The number of fused-ring (bicyclic) bond motifs is 1. The number of rotatable bonds is 19. The van der Waals surface area contributed by atoms with Crippen LogP contribution in [0.1, 0.15) is 97.6 Å². The third kappa shape index (κ3) is 22.3. The Hall–Kier alpha value is -7.06. The summed E-state index contributed by atoms with van der Waals surface area (Å²) in [4.78, 5) is 183. The summed E-state index contributed by atoms with van der Waals surface area (Å²) in [6, 6.07) is -14.9. The zero-order valence-electron chi connectivity index (χ0n) is 44.5. The lowest BCUT2D eigenvalue weighted by atomic mass is 10.00. The molecular formula is C47H76N16O14S2. The van der Waals surface area contributed by atoms with Gasteiger partial charge in [0.05, 0.1) is 25.2 Å². The molecule has 30 nitrogen and oxygen atoms in total. The molecule has 2 saturated heterocycles. The van der Waals surface area contributed by atoms with Crippen LogP contribution in [0.4, 0.5) is 0 Å². The molecule has 2 fully saturated rings. The highest BCUT2D eigenvalue weighted by molar-refractivity contribution is 8.76. The van der Waals surface area contributed by atoms with E-state index in [9.17, 15) is 67.4 Å². The third-order valence-electron chi connectivity index (χ3n) is 12.5. The van der Waals surface area contributed by atoms with E-state index in [-0.39, 0.29) is 75.5 Å². The number of carboxylic acid groups (broad SMARTS) is 1. The lowest BCUT2D eigenvalue weighted by Crippen LogP contribution is -2.61. The van der Waals surface area contributed by atoms with Gasteiger partial charge < -0.3 is 86.2 Å². The topological polar surface area (TPSA) is 500 Å². The highest BCUT2D eigenvalue weighted by Gasteiger charge is 2.42. The number of aromatic amines is 1. The van der Waals surface area contributed by atoms with Gasteiger partial charge in [-0.25, -0.2) is 9.78 Å². The smallest absolute Gasteiger partial charge is 0.326 e. The number of imidazole rings is 1. The van der Waals surface area contributed by atoms with Gasteiger partial charge in [-0.05, 0) is 63.3 Å². The minimum atomic E-state index is -1.81. The third-order valence-corrected chi connectivity index (χ3v) is 15.0. The van der Waals surface area contributed by atoms with Crippen molar-refractivity contribution in [2.24, 2.45) is 40.5 Å². The number of amides is 12. The first-order chi connectivity index (χ1) is 37.2. The van der Waals surface area contributed by atoms with E-state index in [2.05, 4.69) is 52.5 Å². The van der Waals surface area contributed by atoms with Crippen LogP contribution >= 0.6 is 21.6 Å². The minimum Gasteiger partial charge on any atom is -0.480 e. The molecule has 0 bridgehead atoms. The first-order valence-electron chi connectivity index (χ1n) is 25.7. The zero-order chi connectivity index (χ0) is 59.1. The van der Waals surface area contributed by atoms with Crippen molar-refractivity contribution in [1.82, 2.24) is 57.4 Å². The predicted molar refractivity (Wildman–Crippen MR) is 286 cm³/mol. The van der Waals surface area contributed by atoms with Crippen LogP contribution in [0.15, 0.2) is 12.5 Å². The predicted octanol–water partition coefficient (Wildman–Crippen LogP) is -5.52. The zero-order valence-corrected chi connectivity index (χ0v) is 46.2. The lowest BCUT2D eigenvalue weighted by Gasteiger charge is -2.32. The average Bonchev–Trinajstić information content (AvgIpc) is 4.11. The summed E-state index contributed by atoms with van der Waals surface area (Å²) in [5.41, 5.74) is 28.4. The van der Waals surface area contributed by atoms with E-state index < -0.39 is 162 Å². The van der Waals surface area contributed by atoms with Crippen molar-refractivity contribution in [2.75, 3.05) is 24.6 Å². The maximum Gasteiger partial charge on any atom is 0.326 e. The molecule has 10 atom stereocenters. The molecule has 0 radical (unpaired) electrons. The van der Waals surface area contributed by atoms with E-state index in [0.29, 0.717) is 12.1 Å². The van der Waals surface area contributed by atoms with Gasteiger partial charge in [-0.15, -0.1) is 0 Å². The molecule has 1 aromatic heterocycles. The normalized spacial score (nSPS) is 25.4. The van der Waals surface area contributed by atoms with Crippen LogP contribution in [0.3, 0.4) is 0 Å². The Bertz CT molecular complexity index is 2350. The first-order valence-corrected chi connectivity index (χ1v) is 28.2. The highest BCUT2D eigenvalue weighted by atomic mass is 33.1. The van der Waals surface area contributed by atoms with Crippen LogP contribution in [0.2, 0.25) is 0 Å². The first kappa shape index (κ1) is 66.2. The van der Waals surface area contributed by atoms with Crippen LogP contribution in [-0.4, -0.2) is 182 Å². The molecule has 3 heterocycles. The Morgan fingerprint density at radius 2 is 1.30 bits per heavy atom. The molecule has 1 aromatic rings. The molecule has 2 aliphatic rings. The van der Waals surface area contributed by atoms with Crippen molar-refractivity contribution in [3.8, 4) is 0 Å². The Balaban J connectivity index is 2.17. The van der Waals surface area contributed by atoms with E-state index in [1.54, 1.807) is 27.7 Å². The second-order valence-electron chi connectivity index (χ2n) is 19.9. The summed E-state index contributed by atoms with van der Waals surface area (Å²) in [5, 5.41) is 29.9. The molecule has 2 aliphatic heterocycles. The van der Waals surface area contributed by atoms with Gasteiger partial charge in [-0.3, -0.25) is 57.5 Å². The Morgan fingerprint density at radius 1 is 0.722 bits per heavy atom. The quantitative estimate of drug-likeness (QED) is 0.0454. The number of hydrogen-bond acceptors (Lipinski definition) is 18. The largest absolute Gasteiger partial charge is 0.480 e. The van der Waals surface area contributed by atoms with Crippen LogP contribution in [0.25, 0.3) is 0 Å². The Kier molecular flexibility index (Phi) is 27.4. The van der Waals surface area contributed by atoms with Gasteiger partial charge in [0.15, 0.2) is 0 Å². The summed E-state index contributed by atoms with van der Waals surface area (Å²) < 4.78 is 0. The summed E-state index contributed by atoms with van der Waals surface area (Å²) in [6.45, 7) is 6.93. The number of aromatic nitrogens is 2. The second kappa shape index (κ2) is 32.7. The fourth-order valence-corrected chi connectivity index (χ4v) is 10.6. The van der Waals surface area contributed by atoms with Gasteiger partial charge in [0, 0.05) is 42.8 Å². The van der Waals surface area contributed by atoms with Gasteiger partial charge >= 0.3 is 5.97 Å². The Labute approximate surface area is 463 Å². The van der Waals surface area contributed by atoms with E-state index in [1.165, 1.54) is 17.4 Å². The number of unbranched alkanes of at least 4 members (excludes halogenated alkanes) is 1. The molecule has 0 aromatic carbocycles. The average molecular weight is 1150 g/mol. The summed E-state index contributed by atoms with van der Waals surface area (Å²) >= 11 is 0. The monoisotopic (exact) mass is 1150 g/mol. The van der Waals surface area contributed by atoms with Crippen molar-refractivity contribution in [2.45, 2.75) is 159 Å². The molecule has 0 spiro atoms. The van der Waals surface area contributed by atoms with Crippen molar-refractivity contribution < 1.29 is 67.4 Å². The van der Waals surface area contributed by atoms with Crippen LogP contribution in [0.5, 0.6) is 0 Å². The van der Waals surface area contributed by atoms with E-state index in [4.69, 9.17) is 28.7 Å². The van der Waals surface area contributed by atoms with Gasteiger partial charge in [0.2, 0.25) is 70.9 Å². The highest BCUT2D eigenvalue weighted by Crippen LogP contribution is 2.25. The number of nitrogens with one attached hydrogen (secondary N) is 9. The standard InChI is InChI=1S/C47H76N16O14S2/c1-22(2)14-28-41(70)59-29(15-24-18-53-21-54-24)42(71)56-27(10-11-34(50)64)40(69)62-37(23(3)4)46(75)63-13-7-9-33(63)45(74)61-32(44(73)60-31(47(76)77)17-36(52)66)20-79-78-19-25(49)38(67)57-30(16-35(51)65)43(72)55-26(39(68)58-28)8-5-6-12-48/h18,21-23,25-33,37H,5-17,19-20,48-49H2,1-4H3,(H2,50,64)(H2,51,65)(H2,52,66)(H,53,54)(H,55,72)(H,56,71)(H,57,67)(H,58,68)(H,59,70)(H,60,73)(H,61,74)(H,62,69)(H,76,77)/t25-,26-,27-,28-,29+,30-,31+,32-,33-,37+/m1/s1. The van der Waals surface area contributed by atoms with Crippen molar-refractivity contribution in [1.29, 1.82) is 0 Å². The number of carbonyl (C=O) groups excluding carboxylic acids is 12. The summed E-state index contributed by atoms with van der Waals surface area (Å²) in [6.07, 6.45) is 1.05. The number of hydrogen-bond donors (Lipinski definition) is 15. The molecule has 12 amide bonds. The second-order valence-corrected chi connectivity index (χ2v) is 22.5. The number of aliphatic carboxylic acids is 1. The fraction of sp³-hybridized carbons (Fsp3) is 0.660. The minimum absolute atomic E-state index is 0.00221. The number of H-pyrrole nitrogens is 1. The van der Waals surface area contributed by atoms with Gasteiger partial charge in [-0.2, -0.15) is 0 Å². The molecule has 0 aliphatic carbocycles. The molecule has 3 rings (SSSR count). The Morgan fingerprint density at radius 3 is 1.89 bits per heavy atom. The van der Waals surface area contributed by atoms with Gasteiger partial charge in [0.25, 0.3) is 0 Å². The van der Waals surface area contributed by atoms with Crippen LogP contribution < -0.4 is 71.2 Å². The van der Waals surface area contributed by atoms with Gasteiger partial charge in [-0.1, -0.05) is 49.3 Å². The molecular weight excluding hydrogens is 1080 g/mol. The lowest BCUT2D eigenvalue weighted by molar-refractivity contribution is -0.144. The number of carbonyl (C=O) groups is 13. The van der Waals surface area contributed by atoms with Crippen molar-refractivity contribution >= 4 is 98.4 Å². The van der Waals surface area contributed by atoms with E-state index in [1.807, 2.05) is 0 Å². The molecule has 0 saturated carbocycles. The van der Waals surface area contributed by atoms with Gasteiger partial charge in [0.1, 0.15) is 54.4 Å². The van der Waals surface area contributed by atoms with E-state index in [0.717, 1.165) is 21.6 Å². The number of carboxylic acids is 1. The maximum absolute atomic E-state index is 14.5. The SMILES string of the molecule is CC(C)C[C@H]1NC(=O)[C@@H](CCCCN)NC(=O)[C@@H](CC(N)=O)NC(=O)[C@H](N)CSSC[C@H](C(=O)N[C@@H](CC(N)=O)C(=O)O)NC(=O)[C@H]2CCCN2C(=O)[C@H](C(C)C)NC(=O)[C@@H](CCC(N)=O)NC(=O)[C@H](Cc2cnc[nH]2)NC1=O.